The van der Waals surface area contributed by atoms with Gasteiger partial charge in [0.05, 0.1) is 17.6 Å². The van der Waals surface area contributed by atoms with Crippen molar-refractivity contribution < 1.29 is 9.18 Å². The van der Waals surface area contributed by atoms with Gasteiger partial charge in [-0.25, -0.2) is 14.1 Å². The summed E-state index contributed by atoms with van der Waals surface area (Å²) in [6.07, 6.45) is 3.26. The van der Waals surface area contributed by atoms with Crippen LogP contribution in [0.2, 0.25) is 0 Å². The second-order valence-electron chi connectivity index (χ2n) is 4.83. The van der Waals surface area contributed by atoms with E-state index in [0.717, 1.165) is 0 Å². The molecule has 1 aromatic carbocycles. The fourth-order valence-electron chi connectivity index (χ4n) is 2.03. The first-order chi connectivity index (χ1) is 11.0. The van der Waals surface area contributed by atoms with Gasteiger partial charge in [0, 0.05) is 13.2 Å². The van der Waals surface area contributed by atoms with Crippen LogP contribution in [0.4, 0.5) is 10.1 Å². The average Bonchev–Trinajstić information content (AvgIpc) is 3.05. The Kier molecular flexibility index (Phi) is 4.20. The van der Waals surface area contributed by atoms with Crippen LogP contribution in [0, 0.1) is 5.82 Å². The number of amides is 1. The number of halogens is 2. The van der Waals surface area contributed by atoms with Crippen molar-refractivity contribution in [2.45, 2.75) is 0 Å². The van der Waals surface area contributed by atoms with Gasteiger partial charge in [0.2, 0.25) is 0 Å². The highest BCUT2D eigenvalue weighted by Gasteiger charge is 2.17. The molecule has 5 nitrogen and oxygen atoms in total. The van der Waals surface area contributed by atoms with Crippen molar-refractivity contribution in [2.75, 3.05) is 11.9 Å². The second-order valence-corrected chi connectivity index (χ2v) is 5.64. The van der Waals surface area contributed by atoms with E-state index in [1.54, 1.807) is 49.8 Å². The minimum atomic E-state index is -0.320. The molecule has 0 saturated carbocycles. The van der Waals surface area contributed by atoms with Crippen LogP contribution >= 0.6 is 15.9 Å². The Morgan fingerprint density at radius 2 is 1.91 bits per heavy atom. The first-order valence-corrected chi connectivity index (χ1v) is 7.55. The molecular weight excluding hydrogens is 363 g/mol. The molecule has 0 fully saturated rings. The zero-order valence-corrected chi connectivity index (χ0v) is 13.7. The number of pyridine rings is 1. The summed E-state index contributed by atoms with van der Waals surface area (Å²) in [4.78, 5) is 18.0. The molecule has 0 radical (unpaired) electrons. The van der Waals surface area contributed by atoms with E-state index in [2.05, 4.69) is 26.0 Å². The number of aromatic nitrogens is 3. The van der Waals surface area contributed by atoms with E-state index in [4.69, 9.17) is 0 Å². The molecule has 0 aliphatic carbocycles. The van der Waals surface area contributed by atoms with Crippen LogP contribution in [-0.2, 0) is 0 Å². The van der Waals surface area contributed by atoms with Crippen LogP contribution in [0.3, 0.4) is 0 Å². The zero-order valence-electron chi connectivity index (χ0n) is 12.1. The second kappa shape index (κ2) is 6.29. The Labute approximate surface area is 140 Å². The topological polar surface area (TPSA) is 51.0 Å². The number of rotatable bonds is 3. The van der Waals surface area contributed by atoms with Gasteiger partial charge in [0.15, 0.2) is 5.69 Å². The molecule has 0 aliphatic rings. The molecular formula is C16H12BrFN4O. The monoisotopic (exact) mass is 374 g/mol. The Morgan fingerprint density at radius 1 is 1.17 bits per heavy atom. The minimum Gasteiger partial charge on any atom is -0.309 e. The van der Waals surface area contributed by atoms with Crippen molar-refractivity contribution in [1.29, 1.82) is 0 Å². The first-order valence-electron chi connectivity index (χ1n) is 6.76. The lowest BCUT2D eigenvalue weighted by molar-refractivity contribution is 0.0988. The molecule has 116 valence electrons. The third-order valence-corrected chi connectivity index (χ3v) is 3.77. The van der Waals surface area contributed by atoms with Crippen LogP contribution in [0.1, 0.15) is 10.5 Å². The number of nitrogens with zero attached hydrogens (tertiary/aromatic N) is 4. The van der Waals surface area contributed by atoms with E-state index in [1.807, 2.05) is 0 Å². The molecule has 2 aromatic heterocycles. The Morgan fingerprint density at radius 3 is 2.57 bits per heavy atom. The Bertz CT molecular complexity index is 830. The van der Waals surface area contributed by atoms with E-state index >= 15 is 0 Å². The molecule has 7 heteroatoms. The van der Waals surface area contributed by atoms with E-state index in [9.17, 15) is 9.18 Å². The van der Waals surface area contributed by atoms with Crippen molar-refractivity contribution in [1.82, 2.24) is 14.8 Å². The SMILES string of the molecule is CN(C(=O)c1ccn(-c2ccc(F)cc2)n1)c1ccc(Br)nc1. The van der Waals surface area contributed by atoms with Crippen LogP contribution in [0.25, 0.3) is 5.69 Å². The predicted molar refractivity (Wildman–Crippen MR) is 88.2 cm³/mol. The summed E-state index contributed by atoms with van der Waals surface area (Å²) in [6.45, 7) is 0. The lowest BCUT2D eigenvalue weighted by atomic mass is 10.3. The molecule has 0 N–H and O–H groups in total. The van der Waals surface area contributed by atoms with Gasteiger partial charge in [-0.15, -0.1) is 0 Å². The molecule has 0 saturated heterocycles. The van der Waals surface area contributed by atoms with Gasteiger partial charge in [-0.1, -0.05) is 0 Å². The molecule has 3 aromatic rings. The molecule has 0 aliphatic heterocycles. The molecule has 0 bridgehead atoms. The van der Waals surface area contributed by atoms with Crippen molar-refractivity contribution in [3.05, 3.63) is 71.0 Å². The lowest BCUT2D eigenvalue weighted by Gasteiger charge is -2.15. The van der Waals surface area contributed by atoms with Gasteiger partial charge in [-0.05, 0) is 58.4 Å². The number of benzene rings is 1. The maximum absolute atomic E-state index is 13.0. The van der Waals surface area contributed by atoms with Crippen LogP contribution in [-0.4, -0.2) is 27.7 Å². The molecule has 1 amide bonds. The number of anilines is 1. The van der Waals surface area contributed by atoms with Crippen molar-refractivity contribution in [3.8, 4) is 5.69 Å². The van der Waals surface area contributed by atoms with E-state index in [1.165, 1.54) is 21.7 Å². The zero-order chi connectivity index (χ0) is 16.4. The van der Waals surface area contributed by atoms with Gasteiger partial charge >= 0.3 is 0 Å². The minimum absolute atomic E-state index is 0.255. The third-order valence-electron chi connectivity index (χ3n) is 3.30. The summed E-state index contributed by atoms with van der Waals surface area (Å²) >= 11 is 3.25. The summed E-state index contributed by atoms with van der Waals surface area (Å²) in [7, 11) is 1.66. The highest BCUT2D eigenvalue weighted by atomic mass is 79.9. The molecule has 3 rings (SSSR count). The molecule has 23 heavy (non-hydrogen) atoms. The summed E-state index contributed by atoms with van der Waals surface area (Å²) in [5, 5.41) is 4.25. The molecule has 0 unspecified atom stereocenters. The highest BCUT2D eigenvalue weighted by molar-refractivity contribution is 9.10. The van der Waals surface area contributed by atoms with Crippen LogP contribution in [0.5, 0.6) is 0 Å². The van der Waals surface area contributed by atoms with Crippen molar-refractivity contribution in [3.63, 3.8) is 0 Å². The number of hydrogen-bond donors (Lipinski definition) is 0. The van der Waals surface area contributed by atoms with Gasteiger partial charge in [-0.3, -0.25) is 4.79 Å². The largest absolute Gasteiger partial charge is 0.309 e. The van der Waals surface area contributed by atoms with E-state index < -0.39 is 0 Å². The normalized spacial score (nSPS) is 10.6. The fourth-order valence-corrected chi connectivity index (χ4v) is 2.27. The van der Waals surface area contributed by atoms with Crippen molar-refractivity contribution >= 4 is 27.5 Å². The standard InChI is InChI=1S/C16H12BrFN4O/c1-21(13-6-7-15(17)19-10-13)16(23)14-8-9-22(20-14)12-4-2-11(18)3-5-12/h2-10H,1H3. The van der Waals surface area contributed by atoms with E-state index in [-0.39, 0.29) is 11.7 Å². The van der Waals surface area contributed by atoms with E-state index in [0.29, 0.717) is 21.7 Å². The molecule has 2 heterocycles. The predicted octanol–water partition coefficient (Wildman–Crippen LogP) is 3.45. The highest BCUT2D eigenvalue weighted by Crippen LogP contribution is 2.17. The van der Waals surface area contributed by atoms with Gasteiger partial charge < -0.3 is 4.90 Å². The van der Waals surface area contributed by atoms with Crippen LogP contribution < -0.4 is 4.90 Å². The lowest BCUT2D eigenvalue weighted by Crippen LogP contribution is -2.26. The third kappa shape index (κ3) is 3.29. The maximum atomic E-state index is 13.0. The number of hydrogen-bond acceptors (Lipinski definition) is 3. The fraction of sp³-hybridized carbons (Fsp3) is 0.0625. The summed E-state index contributed by atoms with van der Waals surface area (Å²) < 4.78 is 15.2. The summed E-state index contributed by atoms with van der Waals surface area (Å²) in [6, 6.07) is 11.0. The smallest absolute Gasteiger partial charge is 0.278 e. The maximum Gasteiger partial charge on any atom is 0.278 e. The van der Waals surface area contributed by atoms with Crippen LogP contribution in [0.15, 0.2) is 59.5 Å². The quantitative estimate of drug-likeness (QED) is 0.659. The number of carbonyl (C=O) groups excluding carboxylic acids is 1. The molecule has 0 spiro atoms. The van der Waals surface area contributed by atoms with Crippen molar-refractivity contribution in [2.24, 2.45) is 0 Å². The summed E-state index contributed by atoms with van der Waals surface area (Å²) in [5.41, 5.74) is 1.63. The average molecular weight is 375 g/mol. The molecule has 0 atom stereocenters. The first kappa shape index (κ1) is 15.4. The van der Waals surface area contributed by atoms with Gasteiger partial charge in [0.1, 0.15) is 10.4 Å². The Hall–Kier alpha value is -2.54. The number of carbonyl (C=O) groups is 1. The Balaban J connectivity index is 1.83. The van der Waals surface area contributed by atoms with Gasteiger partial charge in [0.25, 0.3) is 5.91 Å². The summed E-state index contributed by atoms with van der Waals surface area (Å²) in [5.74, 6) is -0.574. The van der Waals surface area contributed by atoms with Gasteiger partial charge in [-0.2, -0.15) is 5.10 Å².